The predicted octanol–water partition coefficient (Wildman–Crippen LogP) is 0.640. The minimum atomic E-state index is -3.44. The largest absolute Gasteiger partial charge is 0.468 e. The van der Waals surface area contributed by atoms with Crippen LogP contribution in [0, 0.1) is 12.8 Å². The van der Waals surface area contributed by atoms with Gasteiger partial charge < -0.3 is 10.1 Å². The summed E-state index contributed by atoms with van der Waals surface area (Å²) in [6.45, 7) is 5.58. The Labute approximate surface area is 161 Å². The van der Waals surface area contributed by atoms with Crippen LogP contribution in [-0.4, -0.2) is 63.9 Å². The Bertz CT molecular complexity index is 751. The van der Waals surface area contributed by atoms with Crippen LogP contribution < -0.4 is 10.0 Å². The molecule has 2 saturated heterocycles. The average molecular weight is 396 g/mol. The van der Waals surface area contributed by atoms with Crippen molar-refractivity contribution in [3.8, 4) is 0 Å². The molecule has 3 rings (SSSR count). The zero-order chi connectivity index (χ0) is 19.4. The van der Waals surface area contributed by atoms with Gasteiger partial charge in [-0.05, 0) is 37.8 Å². The van der Waals surface area contributed by atoms with E-state index in [9.17, 15) is 13.2 Å². The Balaban J connectivity index is 1.45. The molecule has 2 heterocycles. The van der Waals surface area contributed by atoms with E-state index >= 15 is 0 Å². The molecule has 0 amide bonds. The fourth-order valence-electron chi connectivity index (χ4n) is 3.79. The highest BCUT2D eigenvalue weighted by Gasteiger charge is 2.38. The van der Waals surface area contributed by atoms with E-state index in [4.69, 9.17) is 0 Å². The number of hydrogen-bond acceptors (Lipinski definition) is 6. The Morgan fingerprint density at radius 3 is 2.78 bits per heavy atom. The number of carbonyl (C=O) groups is 1. The van der Waals surface area contributed by atoms with E-state index in [-0.39, 0.29) is 13.0 Å². The zero-order valence-corrected chi connectivity index (χ0v) is 16.8. The number of sulfonamides is 1. The first-order valence-corrected chi connectivity index (χ1v) is 11.0. The lowest BCUT2D eigenvalue weighted by Gasteiger charge is -2.17. The standard InChI is InChI=1S/C19H29N3O4S/c1-14-3-5-15(6-4-14)12-22-8-7-16(13-22)10-21-27(24,25)17-9-18(20-11-17)19(23)26-2/h3-6,16-18,20-21H,7-13H2,1-2H3. The third-order valence-electron chi connectivity index (χ3n) is 5.48. The summed E-state index contributed by atoms with van der Waals surface area (Å²) in [5.41, 5.74) is 2.54. The maximum absolute atomic E-state index is 12.5. The van der Waals surface area contributed by atoms with Crippen LogP contribution in [-0.2, 0) is 26.1 Å². The molecule has 27 heavy (non-hydrogen) atoms. The van der Waals surface area contributed by atoms with Gasteiger partial charge in [-0.25, -0.2) is 13.1 Å². The van der Waals surface area contributed by atoms with Gasteiger partial charge in [-0.3, -0.25) is 9.69 Å². The van der Waals surface area contributed by atoms with Crippen LogP contribution in [0.3, 0.4) is 0 Å². The summed E-state index contributed by atoms with van der Waals surface area (Å²) >= 11 is 0. The van der Waals surface area contributed by atoms with E-state index in [0.29, 0.717) is 12.5 Å². The summed E-state index contributed by atoms with van der Waals surface area (Å²) in [4.78, 5) is 13.9. The van der Waals surface area contributed by atoms with E-state index in [1.807, 2.05) is 0 Å². The number of hydrogen-bond donors (Lipinski definition) is 2. The number of rotatable bonds is 7. The monoisotopic (exact) mass is 395 g/mol. The molecule has 0 bridgehead atoms. The number of esters is 1. The Morgan fingerprint density at radius 1 is 1.33 bits per heavy atom. The van der Waals surface area contributed by atoms with E-state index < -0.39 is 27.3 Å². The van der Waals surface area contributed by atoms with Gasteiger partial charge in [0.1, 0.15) is 6.04 Å². The normalized spacial score (nSPS) is 26.4. The Hall–Kier alpha value is -1.48. The van der Waals surface area contributed by atoms with Crippen LogP contribution >= 0.6 is 0 Å². The van der Waals surface area contributed by atoms with Gasteiger partial charge in [0, 0.05) is 26.2 Å². The second-order valence-corrected chi connectivity index (χ2v) is 9.66. The molecule has 150 valence electrons. The Morgan fingerprint density at radius 2 is 2.07 bits per heavy atom. The van der Waals surface area contributed by atoms with Crippen molar-refractivity contribution < 1.29 is 17.9 Å². The predicted molar refractivity (Wildman–Crippen MR) is 104 cm³/mol. The van der Waals surface area contributed by atoms with Crippen LogP contribution in [0.1, 0.15) is 24.0 Å². The van der Waals surface area contributed by atoms with Crippen molar-refractivity contribution in [1.82, 2.24) is 14.9 Å². The molecule has 0 spiro atoms. The van der Waals surface area contributed by atoms with Gasteiger partial charge in [0.15, 0.2) is 0 Å². The molecule has 3 unspecified atom stereocenters. The maximum atomic E-state index is 12.5. The molecular weight excluding hydrogens is 366 g/mol. The molecule has 2 N–H and O–H groups in total. The van der Waals surface area contributed by atoms with Gasteiger partial charge in [-0.15, -0.1) is 0 Å². The number of nitrogens with one attached hydrogen (secondary N) is 2. The smallest absolute Gasteiger partial charge is 0.322 e. The maximum Gasteiger partial charge on any atom is 0.322 e. The third-order valence-corrected chi connectivity index (χ3v) is 7.29. The fraction of sp³-hybridized carbons (Fsp3) is 0.632. The minimum absolute atomic E-state index is 0.256. The number of benzene rings is 1. The summed E-state index contributed by atoms with van der Waals surface area (Å²) in [7, 11) is -2.13. The lowest BCUT2D eigenvalue weighted by atomic mass is 10.1. The topological polar surface area (TPSA) is 87.7 Å². The molecule has 8 heteroatoms. The number of methoxy groups -OCH3 is 1. The quantitative estimate of drug-likeness (QED) is 0.659. The van der Waals surface area contributed by atoms with E-state index in [1.165, 1.54) is 18.2 Å². The van der Waals surface area contributed by atoms with Crippen molar-refractivity contribution >= 4 is 16.0 Å². The minimum Gasteiger partial charge on any atom is -0.468 e. The van der Waals surface area contributed by atoms with Crippen molar-refractivity contribution in [1.29, 1.82) is 0 Å². The number of likely N-dealkylation sites (tertiary alicyclic amines) is 1. The van der Waals surface area contributed by atoms with Crippen LogP contribution in [0.5, 0.6) is 0 Å². The number of ether oxygens (including phenoxy) is 1. The highest BCUT2D eigenvalue weighted by atomic mass is 32.2. The van der Waals surface area contributed by atoms with E-state index in [2.05, 4.69) is 50.9 Å². The first-order chi connectivity index (χ1) is 12.9. The molecule has 0 saturated carbocycles. The van der Waals surface area contributed by atoms with Gasteiger partial charge in [-0.2, -0.15) is 0 Å². The number of carbonyl (C=O) groups excluding carboxylic acids is 1. The molecule has 3 atom stereocenters. The van der Waals surface area contributed by atoms with Crippen molar-refractivity contribution in [3.05, 3.63) is 35.4 Å². The zero-order valence-electron chi connectivity index (χ0n) is 16.0. The average Bonchev–Trinajstić information content (AvgIpc) is 3.31. The molecule has 1 aromatic carbocycles. The molecule has 0 radical (unpaired) electrons. The lowest BCUT2D eigenvalue weighted by molar-refractivity contribution is -0.142. The van der Waals surface area contributed by atoms with Gasteiger partial charge >= 0.3 is 5.97 Å². The summed E-state index contributed by atoms with van der Waals surface area (Å²) in [6.07, 6.45) is 1.24. The SMILES string of the molecule is COC(=O)C1CC(S(=O)(=O)NCC2CCN(Cc3ccc(C)cc3)C2)CN1. The van der Waals surface area contributed by atoms with E-state index in [0.717, 1.165) is 26.1 Å². The summed E-state index contributed by atoms with van der Waals surface area (Å²) in [5.74, 6) is -0.0915. The van der Waals surface area contributed by atoms with Crippen molar-refractivity contribution in [2.45, 2.75) is 37.6 Å². The summed E-state index contributed by atoms with van der Waals surface area (Å²) in [6, 6.07) is 8.00. The highest BCUT2D eigenvalue weighted by Crippen LogP contribution is 2.20. The lowest BCUT2D eigenvalue weighted by Crippen LogP contribution is -2.38. The van der Waals surface area contributed by atoms with Crippen molar-refractivity contribution in [3.63, 3.8) is 0 Å². The molecular formula is C19H29N3O4S. The molecule has 2 fully saturated rings. The van der Waals surface area contributed by atoms with Crippen molar-refractivity contribution in [2.75, 3.05) is 33.3 Å². The first kappa shape index (κ1) is 20.3. The van der Waals surface area contributed by atoms with Crippen LogP contribution in [0.2, 0.25) is 0 Å². The molecule has 1 aromatic rings. The molecule has 2 aliphatic rings. The van der Waals surface area contributed by atoms with Crippen LogP contribution in [0.25, 0.3) is 0 Å². The van der Waals surface area contributed by atoms with E-state index in [1.54, 1.807) is 0 Å². The second-order valence-electron chi connectivity index (χ2n) is 7.61. The van der Waals surface area contributed by atoms with Gasteiger partial charge in [0.25, 0.3) is 0 Å². The number of aryl methyl sites for hydroxylation is 1. The summed E-state index contributed by atoms with van der Waals surface area (Å²) in [5, 5.41) is 2.34. The second kappa shape index (κ2) is 8.68. The molecule has 2 aliphatic heterocycles. The molecule has 0 aromatic heterocycles. The summed E-state index contributed by atoms with van der Waals surface area (Å²) < 4.78 is 32.5. The molecule has 0 aliphatic carbocycles. The molecule has 7 nitrogen and oxygen atoms in total. The van der Waals surface area contributed by atoms with Gasteiger partial charge in [0.2, 0.25) is 10.0 Å². The third kappa shape index (κ3) is 5.28. The van der Waals surface area contributed by atoms with Crippen LogP contribution in [0.4, 0.5) is 0 Å². The Kier molecular flexibility index (Phi) is 6.52. The first-order valence-electron chi connectivity index (χ1n) is 9.45. The van der Waals surface area contributed by atoms with Gasteiger partial charge in [-0.1, -0.05) is 29.8 Å². The van der Waals surface area contributed by atoms with Crippen molar-refractivity contribution in [2.24, 2.45) is 5.92 Å². The highest BCUT2D eigenvalue weighted by molar-refractivity contribution is 7.90. The van der Waals surface area contributed by atoms with Crippen LogP contribution in [0.15, 0.2) is 24.3 Å². The number of nitrogens with zero attached hydrogens (tertiary/aromatic N) is 1. The van der Waals surface area contributed by atoms with Gasteiger partial charge in [0.05, 0.1) is 12.4 Å². The fourth-order valence-corrected chi connectivity index (χ4v) is 5.25.